The number of hydrogen-bond donors (Lipinski definition) is 0. The zero-order valence-corrected chi connectivity index (χ0v) is 23.8. The van der Waals surface area contributed by atoms with E-state index in [4.69, 9.17) is 33.2 Å². The van der Waals surface area contributed by atoms with Crippen LogP contribution in [0, 0.1) is 0 Å². The van der Waals surface area contributed by atoms with Crippen molar-refractivity contribution in [2.24, 2.45) is 0 Å². The molecule has 0 saturated heterocycles. The second kappa shape index (κ2) is 19.0. The first-order valence-electron chi connectivity index (χ1n) is 13.9. The Bertz CT molecular complexity index is 1030. The molecule has 0 radical (unpaired) electrons. The Hall–Kier alpha value is -3.28. The molecule has 0 unspecified atom stereocenters. The first-order chi connectivity index (χ1) is 20.1. The third-order valence-corrected chi connectivity index (χ3v) is 6.35. The van der Waals surface area contributed by atoms with Crippen molar-refractivity contribution in [1.29, 1.82) is 0 Å². The number of benzene rings is 2. The fourth-order valence-electron chi connectivity index (χ4n) is 4.24. The number of amides is 1. The number of carbonyl (C=O) groups excluding carboxylic acids is 2. The molecule has 1 aliphatic carbocycles. The van der Waals surface area contributed by atoms with E-state index in [0.29, 0.717) is 79.2 Å². The van der Waals surface area contributed by atoms with Crippen LogP contribution < -0.4 is 0 Å². The van der Waals surface area contributed by atoms with Gasteiger partial charge in [-0.25, -0.2) is 9.59 Å². The molecule has 224 valence electrons. The summed E-state index contributed by atoms with van der Waals surface area (Å²) in [5.74, 6) is -0.424. The van der Waals surface area contributed by atoms with Gasteiger partial charge < -0.3 is 38.1 Å². The van der Waals surface area contributed by atoms with E-state index >= 15 is 0 Å². The fraction of sp³-hybridized carbons (Fsp3) is 0.484. The molecule has 1 amide bonds. The smallest absolute Gasteiger partial charge is 0.409 e. The van der Waals surface area contributed by atoms with Crippen LogP contribution in [0.3, 0.4) is 0 Å². The van der Waals surface area contributed by atoms with E-state index in [9.17, 15) is 9.59 Å². The topological polar surface area (TPSA) is 102 Å². The highest BCUT2D eigenvalue weighted by Crippen LogP contribution is 2.44. The van der Waals surface area contributed by atoms with Crippen LogP contribution in [0.4, 0.5) is 4.79 Å². The van der Waals surface area contributed by atoms with Crippen molar-refractivity contribution in [3.8, 4) is 11.1 Å². The molecule has 0 atom stereocenters. The zero-order chi connectivity index (χ0) is 29.1. The third-order valence-electron chi connectivity index (χ3n) is 6.35. The van der Waals surface area contributed by atoms with Gasteiger partial charge in [0.1, 0.15) is 13.2 Å². The summed E-state index contributed by atoms with van der Waals surface area (Å²) in [5.41, 5.74) is 4.79. The summed E-state index contributed by atoms with van der Waals surface area (Å²) >= 11 is 0. The molecule has 2 aromatic carbocycles. The Kier molecular flexibility index (Phi) is 14.9. The number of likely N-dealkylation sites (N-methyl/N-ethyl adjacent to an activating group) is 1. The molecular formula is C31H41NO9. The molecular weight excluding hydrogens is 530 g/mol. The average Bonchev–Trinajstić information content (AvgIpc) is 3.32. The largest absolute Gasteiger partial charge is 0.460 e. The summed E-state index contributed by atoms with van der Waals surface area (Å²) in [6, 6.07) is 16.5. The summed E-state index contributed by atoms with van der Waals surface area (Å²) in [4.78, 5) is 24.9. The predicted molar refractivity (Wildman–Crippen MR) is 153 cm³/mol. The number of hydrogen-bond acceptors (Lipinski definition) is 9. The van der Waals surface area contributed by atoms with Gasteiger partial charge in [0.25, 0.3) is 0 Å². The minimum absolute atomic E-state index is 0.0394. The number of nitrogens with zero attached hydrogens (tertiary/aromatic N) is 1. The quantitative estimate of drug-likeness (QED) is 0.126. The van der Waals surface area contributed by atoms with E-state index < -0.39 is 5.97 Å². The van der Waals surface area contributed by atoms with Crippen molar-refractivity contribution < 1.29 is 42.7 Å². The third kappa shape index (κ3) is 11.3. The number of carbonyl (C=O) groups is 2. The van der Waals surface area contributed by atoms with E-state index in [-0.39, 0.29) is 18.6 Å². The Labute approximate surface area is 242 Å². The Morgan fingerprint density at radius 1 is 0.683 bits per heavy atom. The van der Waals surface area contributed by atoms with Gasteiger partial charge in [-0.1, -0.05) is 55.1 Å². The van der Waals surface area contributed by atoms with Crippen LogP contribution in [0.15, 0.2) is 61.2 Å². The van der Waals surface area contributed by atoms with Gasteiger partial charge in [0, 0.05) is 25.6 Å². The monoisotopic (exact) mass is 571 g/mol. The highest BCUT2D eigenvalue weighted by atomic mass is 16.6. The second-order valence-electron chi connectivity index (χ2n) is 9.16. The van der Waals surface area contributed by atoms with Crippen LogP contribution in [0.1, 0.15) is 17.0 Å². The molecule has 0 saturated carbocycles. The van der Waals surface area contributed by atoms with Gasteiger partial charge in [-0.05, 0) is 22.3 Å². The second-order valence-corrected chi connectivity index (χ2v) is 9.16. The highest BCUT2D eigenvalue weighted by Gasteiger charge is 2.29. The summed E-state index contributed by atoms with van der Waals surface area (Å²) < 4.78 is 37.6. The SMILES string of the molecule is C=CC(=O)OCCOCCOCCOCCOCCOCCN(C)C(=O)OCC1c2ccccc2-c2ccccc21. The molecule has 0 N–H and O–H groups in total. The molecule has 0 bridgehead atoms. The molecule has 10 heteroatoms. The zero-order valence-electron chi connectivity index (χ0n) is 23.8. The number of ether oxygens (including phenoxy) is 7. The van der Waals surface area contributed by atoms with Gasteiger partial charge >= 0.3 is 12.1 Å². The van der Waals surface area contributed by atoms with Gasteiger partial charge in [0.05, 0.1) is 66.1 Å². The van der Waals surface area contributed by atoms with Crippen molar-refractivity contribution in [3.63, 3.8) is 0 Å². The number of fused-ring (bicyclic) bond motifs is 3. The van der Waals surface area contributed by atoms with Gasteiger partial charge in [0.15, 0.2) is 0 Å². The summed E-state index contributed by atoms with van der Waals surface area (Å²) in [6.45, 7) is 8.46. The Balaban J connectivity index is 1.12. The van der Waals surface area contributed by atoms with Gasteiger partial charge in [-0.15, -0.1) is 0 Å². The van der Waals surface area contributed by atoms with Crippen LogP contribution in [0.5, 0.6) is 0 Å². The Morgan fingerprint density at radius 3 is 1.61 bits per heavy atom. The number of esters is 1. The summed E-state index contributed by atoms with van der Waals surface area (Å²) in [6.07, 6.45) is 0.743. The minimum Gasteiger partial charge on any atom is -0.460 e. The molecule has 0 aromatic heterocycles. The lowest BCUT2D eigenvalue weighted by Gasteiger charge is -2.19. The van der Waals surface area contributed by atoms with Crippen LogP contribution in [-0.4, -0.2) is 110 Å². The summed E-state index contributed by atoms with van der Waals surface area (Å²) in [5, 5.41) is 0. The number of rotatable bonds is 21. The molecule has 0 heterocycles. The van der Waals surface area contributed by atoms with Crippen LogP contribution in [-0.2, 0) is 38.0 Å². The lowest BCUT2D eigenvalue weighted by atomic mass is 9.98. The van der Waals surface area contributed by atoms with Crippen molar-refractivity contribution in [3.05, 3.63) is 72.3 Å². The lowest BCUT2D eigenvalue weighted by Crippen LogP contribution is -2.32. The van der Waals surface area contributed by atoms with E-state index in [1.807, 2.05) is 24.3 Å². The first-order valence-corrected chi connectivity index (χ1v) is 13.9. The van der Waals surface area contributed by atoms with Gasteiger partial charge in [0.2, 0.25) is 0 Å². The standard InChI is InChI=1S/C31H41NO9/c1-3-30(33)40-23-22-39-21-20-38-19-18-37-17-16-36-15-14-35-13-12-32(2)31(34)41-24-29-27-10-6-4-8-25(27)26-9-5-7-11-28(26)29/h3-11,29H,1,12-24H2,2H3. The maximum Gasteiger partial charge on any atom is 0.409 e. The predicted octanol–water partition coefficient (Wildman–Crippen LogP) is 3.68. The average molecular weight is 572 g/mol. The normalized spacial score (nSPS) is 12.0. The van der Waals surface area contributed by atoms with Crippen molar-refractivity contribution in [2.75, 3.05) is 92.9 Å². The molecule has 3 rings (SSSR count). The molecule has 0 fully saturated rings. The van der Waals surface area contributed by atoms with E-state index in [1.165, 1.54) is 27.2 Å². The molecule has 10 nitrogen and oxygen atoms in total. The molecule has 0 aliphatic heterocycles. The lowest BCUT2D eigenvalue weighted by molar-refractivity contribution is -0.139. The first kappa shape index (κ1) is 32.2. The van der Waals surface area contributed by atoms with E-state index in [2.05, 4.69) is 30.8 Å². The molecule has 1 aliphatic rings. The maximum absolute atomic E-state index is 12.5. The van der Waals surface area contributed by atoms with Crippen molar-refractivity contribution in [2.45, 2.75) is 5.92 Å². The van der Waals surface area contributed by atoms with E-state index in [1.54, 1.807) is 7.05 Å². The van der Waals surface area contributed by atoms with Crippen molar-refractivity contribution >= 4 is 12.1 Å². The van der Waals surface area contributed by atoms with Gasteiger partial charge in [-0.3, -0.25) is 0 Å². The minimum atomic E-state index is -0.463. The molecule has 41 heavy (non-hydrogen) atoms. The summed E-state index contributed by atoms with van der Waals surface area (Å²) in [7, 11) is 1.71. The molecule has 2 aromatic rings. The fourth-order valence-corrected chi connectivity index (χ4v) is 4.24. The van der Waals surface area contributed by atoms with Crippen LogP contribution in [0.2, 0.25) is 0 Å². The van der Waals surface area contributed by atoms with Crippen molar-refractivity contribution in [1.82, 2.24) is 4.90 Å². The molecule has 0 spiro atoms. The van der Waals surface area contributed by atoms with Crippen LogP contribution in [0.25, 0.3) is 11.1 Å². The van der Waals surface area contributed by atoms with Crippen LogP contribution >= 0.6 is 0 Å². The van der Waals surface area contributed by atoms with E-state index in [0.717, 1.165) is 6.08 Å². The van der Waals surface area contributed by atoms with Gasteiger partial charge in [-0.2, -0.15) is 0 Å². The maximum atomic E-state index is 12.5. The highest BCUT2D eigenvalue weighted by molar-refractivity contribution is 5.81. The Morgan fingerprint density at radius 2 is 1.12 bits per heavy atom.